The molecule has 0 aliphatic heterocycles. The van der Waals surface area contributed by atoms with Crippen LogP contribution in [-0.2, 0) is 11.2 Å². The van der Waals surface area contributed by atoms with Crippen LogP contribution in [0.3, 0.4) is 0 Å². The molecule has 1 fully saturated rings. The van der Waals surface area contributed by atoms with Crippen molar-refractivity contribution in [2.45, 2.75) is 46.0 Å². The van der Waals surface area contributed by atoms with Gasteiger partial charge in [0, 0.05) is 0 Å². The van der Waals surface area contributed by atoms with Gasteiger partial charge in [0.25, 0.3) is 0 Å². The maximum Gasteiger partial charge on any atom is 0.309 e. The molecule has 2 nitrogen and oxygen atoms in total. The third-order valence-electron chi connectivity index (χ3n) is 4.40. The standard InChI is InChI=1S/C16H22O2/c1-3-13-8-9-16(10-13,15(17)18)11-14-6-4-12(2)5-7-14/h4-7,13H,3,8-11H2,1-2H3,(H,17,18). The molecule has 0 aromatic heterocycles. The van der Waals surface area contributed by atoms with Crippen LogP contribution in [0.25, 0.3) is 0 Å². The molecule has 2 rings (SSSR count). The van der Waals surface area contributed by atoms with Crippen LogP contribution in [0.1, 0.15) is 43.7 Å². The Balaban J connectivity index is 2.17. The second-order valence-electron chi connectivity index (χ2n) is 5.76. The number of hydrogen-bond acceptors (Lipinski definition) is 1. The van der Waals surface area contributed by atoms with Gasteiger partial charge in [0.1, 0.15) is 0 Å². The molecule has 2 unspecified atom stereocenters. The van der Waals surface area contributed by atoms with Crippen LogP contribution >= 0.6 is 0 Å². The van der Waals surface area contributed by atoms with Gasteiger partial charge in [0.05, 0.1) is 5.41 Å². The molecule has 2 heteroatoms. The van der Waals surface area contributed by atoms with Crippen molar-refractivity contribution in [2.75, 3.05) is 0 Å². The summed E-state index contributed by atoms with van der Waals surface area (Å²) in [7, 11) is 0. The molecule has 0 radical (unpaired) electrons. The first-order chi connectivity index (χ1) is 8.55. The molecule has 1 aliphatic rings. The smallest absolute Gasteiger partial charge is 0.309 e. The Kier molecular flexibility index (Phi) is 3.74. The Morgan fingerprint density at radius 1 is 1.39 bits per heavy atom. The van der Waals surface area contributed by atoms with E-state index in [9.17, 15) is 9.90 Å². The van der Waals surface area contributed by atoms with Crippen LogP contribution in [0.4, 0.5) is 0 Å². The monoisotopic (exact) mass is 246 g/mol. The zero-order valence-corrected chi connectivity index (χ0v) is 11.3. The summed E-state index contributed by atoms with van der Waals surface area (Å²) in [6.07, 6.45) is 4.51. The minimum Gasteiger partial charge on any atom is -0.481 e. The van der Waals surface area contributed by atoms with Crippen molar-refractivity contribution in [2.24, 2.45) is 11.3 Å². The van der Waals surface area contributed by atoms with Crippen LogP contribution in [0.2, 0.25) is 0 Å². The molecule has 0 amide bonds. The van der Waals surface area contributed by atoms with Crippen LogP contribution in [-0.4, -0.2) is 11.1 Å². The molecule has 0 heterocycles. The van der Waals surface area contributed by atoms with E-state index in [4.69, 9.17) is 0 Å². The Bertz CT molecular complexity index is 421. The van der Waals surface area contributed by atoms with Gasteiger partial charge in [-0.3, -0.25) is 4.79 Å². The van der Waals surface area contributed by atoms with E-state index in [1.165, 1.54) is 5.56 Å². The molecule has 98 valence electrons. The Morgan fingerprint density at radius 3 is 2.56 bits per heavy atom. The van der Waals surface area contributed by atoms with E-state index < -0.39 is 11.4 Å². The van der Waals surface area contributed by atoms with Crippen molar-refractivity contribution in [1.29, 1.82) is 0 Å². The van der Waals surface area contributed by atoms with Crippen molar-refractivity contribution in [3.05, 3.63) is 35.4 Å². The number of hydrogen-bond donors (Lipinski definition) is 1. The van der Waals surface area contributed by atoms with Crippen molar-refractivity contribution < 1.29 is 9.90 Å². The molecule has 0 saturated heterocycles. The number of carboxylic acids is 1. The van der Waals surface area contributed by atoms with E-state index in [0.717, 1.165) is 31.2 Å². The third kappa shape index (κ3) is 2.58. The maximum atomic E-state index is 11.7. The molecule has 1 aromatic carbocycles. The average Bonchev–Trinajstić information content (AvgIpc) is 2.77. The van der Waals surface area contributed by atoms with Crippen molar-refractivity contribution in [3.63, 3.8) is 0 Å². The molecule has 0 spiro atoms. The zero-order chi connectivity index (χ0) is 13.2. The van der Waals surface area contributed by atoms with E-state index in [2.05, 4.69) is 38.1 Å². The normalized spacial score (nSPS) is 27.3. The summed E-state index contributed by atoms with van der Waals surface area (Å²) >= 11 is 0. The van der Waals surface area contributed by atoms with E-state index >= 15 is 0 Å². The SMILES string of the molecule is CCC1CCC(Cc2ccc(C)cc2)(C(=O)O)C1. The first-order valence-corrected chi connectivity index (χ1v) is 6.85. The van der Waals surface area contributed by atoms with Gasteiger partial charge in [0.15, 0.2) is 0 Å². The topological polar surface area (TPSA) is 37.3 Å². The Hall–Kier alpha value is -1.31. The van der Waals surface area contributed by atoms with Crippen molar-refractivity contribution >= 4 is 5.97 Å². The summed E-state index contributed by atoms with van der Waals surface area (Å²) in [6, 6.07) is 8.27. The molecule has 1 aromatic rings. The quantitative estimate of drug-likeness (QED) is 0.877. The molecule has 18 heavy (non-hydrogen) atoms. The number of rotatable bonds is 4. The maximum absolute atomic E-state index is 11.7. The van der Waals surface area contributed by atoms with E-state index in [0.29, 0.717) is 12.3 Å². The lowest BCUT2D eigenvalue weighted by atomic mass is 9.79. The predicted molar refractivity (Wildman–Crippen MR) is 72.6 cm³/mol. The van der Waals surface area contributed by atoms with Crippen LogP contribution in [0, 0.1) is 18.3 Å². The van der Waals surface area contributed by atoms with Crippen LogP contribution in [0.5, 0.6) is 0 Å². The number of aryl methyl sites for hydroxylation is 1. The van der Waals surface area contributed by atoms with Crippen LogP contribution in [0.15, 0.2) is 24.3 Å². The molecule has 1 N–H and O–H groups in total. The van der Waals surface area contributed by atoms with E-state index in [1.54, 1.807) is 0 Å². The largest absolute Gasteiger partial charge is 0.481 e. The first kappa shape index (κ1) is 13.1. The van der Waals surface area contributed by atoms with Crippen molar-refractivity contribution in [1.82, 2.24) is 0 Å². The molecule has 1 aliphatic carbocycles. The molecule has 2 atom stereocenters. The predicted octanol–water partition coefficient (Wildman–Crippen LogP) is 3.82. The fourth-order valence-corrected chi connectivity index (χ4v) is 3.11. The number of benzene rings is 1. The van der Waals surface area contributed by atoms with E-state index in [-0.39, 0.29) is 0 Å². The lowest BCUT2D eigenvalue weighted by Crippen LogP contribution is -2.30. The summed E-state index contributed by atoms with van der Waals surface area (Å²) in [4.78, 5) is 11.7. The summed E-state index contributed by atoms with van der Waals surface area (Å²) in [6.45, 7) is 4.22. The van der Waals surface area contributed by atoms with Gasteiger partial charge in [-0.25, -0.2) is 0 Å². The summed E-state index contributed by atoms with van der Waals surface area (Å²) in [5.74, 6) is -0.0226. The second kappa shape index (κ2) is 5.13. The highest BCUT2D eigenvalue weighted by Gasteiger charge is 2.44. The lowest BCUT2D eigenvalue weighted by Gasteiger charge is -2.24. The molecule has 1 saturated carbocycles. The van der Waals surface area contributed by atoms with Gasteiger partial charge < -0.3 is 5.11 Å². The summed E-state index contributed by atoms with van der Waals surface area (Å²) in [5.41, 5.74) is 1.86. The second-order valence-corrected chi connectivity index (χ2v) is 5.76. The molecule has 0 bridgehead atoms. The Labute approximate surface area is 109 Å². The minimum atomic E-state index is -0.612. The van der Waals surface area contributed by atoms with Crippen LogP contribution < -0.4 is 0 Å². The number of carboxylic acid groups (broad SMARTS) is 1. The third-order valence-corrected chi connectivity index (χ3v) is 4.40. The van der Waals surface area contributed by atoms with Gasteiger partial charge in [-0.15, -0.1) is 0 Å². The molecular formula is C16H22O2. The lowest BCUT2D eigenvalue weighted by molar-refractivity contribution is -0.148. The summed E-state index contributed by atoms with van der Waals surface area (Å²) in [5, 5.41) is 9.59. The van der Waals surface area contributed by atoms with Gasteiger partial charge >= 0.3 is 5.97 Å². The Morgan fingerprint density at radius 2 is 2.06 bits per heavy atom. The fraction of sp³-hybridized carbons (Fsp3) is 0.562. The van der Waals surface area contributed by atoms with Crippen molar-refractivity contribution in [3.8, 4) is 0 Å². The number of aliphatic carboxylic acids is 1. The van der Waals surface area contributed by atoms with E-state index in [1.807, 2.05) is 0 Å². The van der Waals surface area contributed by atoms with Gasteiger partial charge in [-0.05, 0) is 44.1 Å². The highest BCUT2D eigenvalue weighted by Crippen LogP contribution is 2.45. The van der Waals surface area contributed by atoms with Gasteiger partial charge in [0.2, 0.25) is 0 Å². The highest BCUT2D eigenvalue weighted by molar-refractivity contribution is 5.75. The number of carbonyl (C=O) groups is 1. The van der Waals surface area contributed by atoms with Gasteiger partial charge in [-0.2, -0.15) is 0 Å². The zero-order valence-electron chi connectivity index (χ0n) is 11.3. The first-order valence-electron chi connectivity index (χ1n) is 6.85. The highest BCUT2D eigenvalue weighted by atomic mass is 16.4. The average molecular weight is 246 g/mol. The molecular weight excluding hydrogens is 224 g/mol. The fourth-order valence-electron chi connectivity index (χ4n) is 3.11. The van der Waals surface area contributed by atoms with Gasteiger partial charge in [-0.1, -0.05) is 43.2 Å². The summed E-state index contributed by atoms with van der Waals surface area (Å²) < 4.78 is 0. The minimum absolute atomic E-state index is 0.518.